The smallest absolute Gasteiger partial charge is 0.351 e. The van der Waals surface area contributed by atoms with E-state index < -0.39 is 17.8 Å². The first kappa shape index (κ1) is 14.8. The number of hydrogen-bond donors (Lipinski definition) is 2. The Morgan fingerprint density at radius 2 is 2.11 bits per heavy atom. The fraction of sp³-hybridized carbons (Fsp3) is 0.333. The number of rotatable bonds is 3. The summed E-state index contributed by atoms with van der Waals surface area (Å²) in [5, 5.41) is 11.3. The van der Waals surface area contributed by atoms with E-state index in [1.54, 1.807) is 19.9 Å². The molecule has 0 aliphatic rings. The zero-order chi connectivity index (χ0) is 14.6. The van der Waals surface area contributed by atoms with Crippen molar-refractivity contribution in [3.63, 3.8) is 0 Å². The molecular formula is C12H12F3N3O. The third-order valence-electron chi connectivity index (χ3n) is 2.10. The van der Waals surface area contributed by atoms with E-state index in [1.165, 1.54) is 0 Å². The molecule has 0 unspecified atom stereocenters. The van der Waals surface area contributed by atoms with Crippen molar-refractivity contribution in [3.8, 4) is 6.07 Å². The third kappa shape index (κ3) is 4.17. The molecule has 0 atom stereocenters. The summed E-state index contributed by atoms with van der Waals surface area (Å²) in [7, 11) is 0. The second-order valence-electron chi connectivity index (χ2n) is 4.12. The first-order valence-corrected chi connectivity index (χ1v) is 5.43. The number of carbonyl (C=O) groups is 1. The molecule has 0 saturated heterocycles. The molecule has 102 valence electrons. The quantitative estimate of drug-likeness (QED) is 0.655. The Balaban J connectivity index is 2.97. The predicted molar refractivity (Wildman–Crippen MR) is 62.7 cm³/mol. The van der Waals surface area contributed by atoms with E-state index in [9.17, 15) is 18.0 Å². The number of hydrogen-bond acceptors (Lipinski definition) is 2. The van der Waals surface area contributed by atoms with Crippen LogP contribution >= 0.6 is 0 Å². The minimum atomic E-state index is -4.49. The van der Waals surface area contributed by atoms with Crippen molar-refractivity contribution in [3.05, 3.63) is 29.1 Å². The number of aromatic nitrogens is 1. The average Bonchev–Trinajstić information content (AvgIpc) is 2.72. The molecule has 0 spiro atoms. The molecule has 1 aromatic heterocycles. The van der Waals surface area contributed by atoms with Gasteiger partial charge in [0.1, 0.15) is 17.3 Å². The van der Waals surface area contributed by atoms with Crippen LogP contribution in [-0.4, -0.2) is 16.9 Å². The van der Waals surface area contributed by atoms with Crippen molar-refractivity contribution in [2.75, 3.05) is 0 Å². The van der Waals surface area contributed by atoms with Crippen LogP contribution in [0.3, 0.4) is 0 Å². The Hall–Kier alpha value is -2.23. The molecule has 0 aliphatic carbocycles. The Bertz CT molecular complexity index is 535. The van der Waals surface area contributed by atoms with Gasteiger partial charge in [0, 0.05) is 11.7 Å². The van der Waals surface area contributed by atoms with Crippen LogP contribution < -0.4 is 5.32 Å². The lowest BCUT2D eigenvalue weighted by atomic mass is 10.2. The van der Waals surface area contributed by atoms with Gasteiger partial charge in [-0.25, -0.2) is 0 Å². The van der Waals surface area contributed by atoms with Gasteiger partial charge < -0.3 is 10.3 Å². The number of halogens is 3. The van der Waals surface area contributed by atoms with Crippen molar-refractivity contribution in [1.82, 2.24) is 10.3 Å². The zero-order valence-electron chi connectivity index (χ0n) is 10.3. The van der Waals surface area contributed by atoms with Crippen molar-refractivity contribution in [2.24, 2.45) is 0 Å². The van der Waals surface area contributed by atoms with Gasteiger partial charge >= 0.3 is 6.18 Å². The maximum absolute atomic E-state index is 12.4. The molecule has 2 N–H and O–H groups in total. The summed E-state index contributed by atoms with van der Waals surface area (Å²) >= 11 is 0. The van der Waals surface area contributed by atoms with Crippen molar-refractivity contribution in [1.29, 1.82) is 5.26 Å². The molecule has 1 rings (SSSR count). The number of nitrogens with zero attached hydrogens (tertiary/aromatic N) is 1. The highest BCUT2D eigenvalue weighted by atomic mass is 19.4. The van der Waals surface area contributed by atoms with E-state index in [-0.39, 0.29) is 17.3 Å². The van der Waals surface area contributed by atoms with Gasteiger partial charge in [-0.2, -0.15) is 18.4 Å². The van der Waals surface area contributed by atoms with E-state index in [2.05, 4.69) is 10.3 Å². The summed E-state index contributed by atoms with van der Waals surface area (Å²) in [5.74, 6) is -0.624. The molecule has 4 nitrogen and oxygen atoms in total. The van der Waals surface area contributed by atoms with E-state index >= 15 is 0 Å². The van der Waals surface area contributed by atoms with Crippen LogP contribution in [-0.2, 0) is 11.0 Å². The lowest BCUT2D eigenvalue weighted by Gasteiger charge is -2.06. The summed E-state index contributed by atoms with van der Waals surface area (Å²) in [5.41, 5.74) is -1.15. The first-order valence-electron chi connectivity index (χ1n) is 5.43. The SMILES string of the molecule is CC(C)NC(=O)/C(C#N)=C/c1ccc(C(F)(F)F)[nH]1. The third-order valence-corrected chi connectivity index (χ3v) is 2.10. The van der Waals surface area contributed by atoms with Crippen LogP contribution in [0.25, 0.3) is 6.08 Å². The number of amides is 1. The Labute approximate surface area is 107 Å². The van der Waals surface area contributed by atoms with Gasteiger partial charge in [0.2, 0.25) is 0 Å². The molecule has 0 aliphatic heterocycles. The van der Waals surface area contributed by atoms with E-state index in [4.69, 9.17) is 5.26 Å². The van der Waals surface area contributed by atoms with Crippen LogP contribution in [0.2, 0.25) is 0 Å². The van der Waals surface area contributed by atoms with E-state index in [0.29, 0.717) is 0 Å². The maximum Gasteiger partial charge on any atom is 0.431 e. The molecule has 0 saturated carbocycles. The van der Waals surface area contributed by atoms with Gasteiger partial charge in [-0.15, -0.1) is 0 Å². The highest BCUT2D eigenvalue weighted by molar-refractivity contribution is 6.01. The molecule has 0 aromatic carbocycles. The van der Waals surface area contributed by atoms with Gasteiger partial charge in [0.25, 0.3) is 5.91 Å². The lowest BCUT2D eigenvalue weighted by Crippen LogP contribution is -2.30. The van der Waals surface area contributed by atoms with E-state index in [1.807, 2.05) is 0 Å². The molecule has 0 bridgehead atoms. The Kier molecular flexibility index (Phi) is 4.38. The molecule has 1 aromatic rings. The van der Waals surface area contributed by atoms with Gasteiger partial charge in [-0.1, -0.05) is 0 Å². The summed E-state index contributed by atoms with van der Waals surface area (Å²) in [6, 6.07) is 3.49. The minimum absolute atomic E-state index is 0.0442. The van der Waals surface area contributed by atoms with Crippen molar-refractivity contribution in [2.45, 2.75) is 26.1 Å². The zero-order valence-corrected chi connectivity index (χ0v) is 10.3. The van der Waals surface area contributed by atoms with Crippen LogP contribution in [0, 0.1) is 11.3 Å². The average molecular weight is 271 g/mol. The lowest BCUT2D eigenvalue weighted by molar-refractivity contribution is -0.140. The summed E-state index contributed by atoms with van der Waals surface area (Å²) in [6.45, 7) is 3.42. The standard InChI is InChI=1S/C12H12F3N3O/c1-7(2)17-11(19)8(6-16)5-9-3-4-10(18-9)12(13,14)15/h3-5,7,18H,1-2H3,(H,17,19)/b8-5+. The molecule has 19 heavy (non-hydrogen) atoms. The maximum atomic E-state index is 12.4. The summed E-state index contributed by atoms with van der Waals surface area (Å²) in [6.07, 6.45) is -3.41. The number of carbonyl (C=O) groups excluding carboxylic acids is 1. The van der Waals surface area contributed by atoms with Crippen LogP contribution in [0.15, 0.2) is 17.7 Å². The van der Waals surface area contributed by atoms with Gasteiger partial charge in [-0.05, 0) is 32.1 Å². The Morgan fingerprint density at radius 1 is 1.47 bits per heavy atom. The second-order valence-corrected chi connectivity index (χ2v) is 4.12. The number of H-pyrrole nitrogens is 1. The summed E-state index contributed by atoms with van der Waals surface area (Å²) < 4.78 is 37.1. The fourth-order valence-electron chi connectivity index (χ4n) is 1.31. The van der Waals surface area contributed by atoms with Crippen molar-refractivity contribution < 1.29 is 18.0 Å². The predicted octanol–water partition coefficient (Wildman–Crippen LogP) is 2.47. The highest BCUT2D eigenvalue weighted by Crippen LogP contribution is 2.28. The van der Waals surface area contributed by atoms with Crippen molar-refractivity contribution >= 4 is 12.0 Å². The highest BCUT2D eigenvalue weighted by Gasteiger charge is 2.32. The molecule has 1 heterocycles. The minimum Gasteiger partial charge on any atom is -0.351 e. The van der Waals surface area contributed by atoms with Gasteiger partial charge in [-0.3, -0.25) is 4.79 Å². The second kappa shape index (κ2) is 5.61. The first-order chi connectivity index (χ1) is 8.74. The number of alkyl halides is 3. The molecule has 1 amide bonds. The molecule has 0 fully saturated rings. The Morgan fingerprint density at radius 3 is 2.53 bits per heavy atom. The van der Waals surface area contributed by atoms with Crippen LogP contribution in [0.4, 0.5) is 13.2 Å². The fourth-order valence-corrected chi connectivity index (χ4v) is 1.31. The molecular weight excluding hydrogens is 259 g/mol. The number of nitriles is 1. The normalized spacial score (nSPS) is 12.4. The largest absolute Gasteiger partial charge is 0.431 e. The van der Waals surface area contributed by atoms with Gasteiger partial charge in [0.05, 0.1) is 0 Å². The number of aromatic amines is 1. The summed E-state index contributed by atoms with van der Waals surface area (Å²) in [4.78, 5) is 13.6. The topological polar surface area (TPSA) is 68.7 Å². The van der Waals surface area contributed by atoms with E-state index in [0.717, 1.165) is 18.2 Å². The van der Waals surface area contributed by atoms with Crippen LogP contribution in [0.5, 0.6) is 0 Å². The van der Waals surface area contributed by atoms with Crippen LogP contribution in [0.1, 0.15) is 25.2 Å². The molecule has 0 radical (unpaired) electrons. The molecule has 7 heteroatoms. The monoisotopic (exact) mass is 271 g/mol. The van der Waals surface area contributed by atoms with Gasteiger partial charge in [0.15, 0.2) is 0 Å². The number of nitrogens with one attached hydrogen (secondary N) is 2.